The summed E-state index contributed by atoms with van der Waals surface area (Å²) in [5.41, 5.74) is 0. The minimum atomic E-state index is -0.902. The molecule has 0 fully saturated rings. The van der Waals surface area contributed by atoms with Crippen LogP contribution in [0.5, 0.6) is 0 Å². The van der Waals surface area contributed by atoms with Crippen molar-refractivity contribution in [2.75, 3.05) is 12.3 Å². The third-order valence-corrected chi connectivity index (χ3v) is 3.67. The summed E-state index contributed by atoms with van der Waals surface area (Å²) in [7, 11) is 0. The second-order valence-corrected chi connectivity index (χ2v) is 5.87. The molecule has 7 nitrogen and oxygen atoms in total. The zero-order chi connectivity index (χ0) is 15.8. The second kappa shape index (κ2) is 8.66. The van der Waals surface area contributed by atoms with Gasteiger partial charge in [-0.2, -0.15) is 0 Å². The molecule has 0 spiro atoms. The zero-order valence-corrected chi connectivity index (χ0v) is 13.4. The average molecular weight is 314 g/mol. The van der Waals surface area contributed by atoms with Crippen LogP contribution in [0.1, 0.15) is 45.4 Å². The number of aliphatic carboxylic acids is 1. The van der Waals surface area contributed by atoms with Crippen molar-refractivity contribution in [3.8, 4) is 0 Å². The molecular formula is C13H22N4O3S. The summed E-state index contributed by atoms with van der Waals surface area (Å²) in [5.74, 6) is -0.0597. The number of hydrogen-bond acceptors (Lipinski definition) is 5. The fourth-order valence-electron chi connectivity index (χ4n) is 1.74. The van der Waals surface area contributed by atoms with Gasteiger partial charge in [0.2, 0.25) is 5.91 Å². The van der Waals surface area contributed by atoms with Gasteiger partial charge in [0, 0.05) is 25.4 Å². The summed E-state index contributed by atoms with van der Waals surface area (Å²) in [6.45, 7) is 7.10. The monoisotopic (exact) mass is 314 g/mol. The first-order valence-corrected chi connectivity index (χ1v) is 7.98. The lowest BCUT2D eigenvalue weighted by molar-refractivity contribution is -0.134. The van der Waals surface area contributed by atoms with Crippen molar-refractivity contribution in [2.24, 2.45) is 0 Å². The number of carboxylic acids is 1. The number of carboxylic acid groups (broad SMARTS) is 1. The molecule has 0 atom stereocenters. The molecule has 0 radical (unpaired) electrons. The topological polar surface area (TPSA) is 97.1 Å². The van der Waals surface area contributed by atoms with Crippen molar-refractivity contribution >= 4 is 23.6 Å². The van der Waals surface area contributed by atoms with Gasteiger partial charge in [0.05, 0.1) is 5.75 Å². The maximum Gasteiger partial charge on any atom is 0.313 e. The molecular weight excluding hydrogens is 292 g/mol. The van der Waals surface area contributed by atoms with E-state index in [-0.39, 0.29) is 17.6 Å². The fraction of sp³-hybridized carbons (Fsp3) is 0.692. The molecule has 2 N–H and O–H groups in total. The Bertz CT molecular complexity index is 488. The van der Waals surface area contributed by atoms with Crippen LogP contribution < -0.4 is 5.32 Å². The van der Waals surface area contributed by atoms with Crippen LogP contribution in [0.4, 0.5) is 0 Å². The summed E-state index contributed by atoms with van der Waals surface area (Å²) >= 11 is 1.12. The highest BCUT2D eigenvalue weighted by atomic mass is 32.2. The van der Waals surface area contributed by atoms with Gasteiger partial charge in [-0.1, -0.05) is 32.5 Å². The number of thioether (sulfide) groups is 1. The van der Waals surface area contributed by atoms with Crippen LogP contribution in [0, 0.1) is 0 Å². The first-order valence-electron chi connectivity index (χ1n) is 7.00. The van der Waals surface area contributed by atoms with E-state index in [2.05, 4.69) is 15.5 Å². The third kappa shape index (κ3) is 5.74. The summed E-state index contributed by atoms with van der Waals surface area (Å²) in [6.07, 6.45) is 1.23. The Morgan fingerprint density at radius 2 is 2.10 bits per heavy atom. The SMILES string of the molecule is CCCNC(=O)CCn1c(SCC(=O)O)nnc1C(C)C. The minimum Gasteiger partial charge on any atom is -0.481 e. The summed E-state index contributed by atoms with van der Waals surface area (Å²) in [6, 6.07) is 0. The van der Waals surface area contributed by atoms with Crippen molar-refractivity contribution in [1.82, 2.24) is 20.1 Å². The molecule has 21 heavy (non-hydrogen) atoms. The van der Waals surface area contributed by atoms with Gasteiger partial charge in [-0.25, -0.2) is 0 Å². The number of aromatic nitrogens is 3. The molecule has 0 aliphatic carbocycles. The first kappa shape index (κ1) is 17.5. The van der Waals surface area contributed by atoms with Gasteiger partial charge in [-0.05, 0) is 6.42 Å². The Labute approximate surface area is 128 Å². The molecule has 0 bridgehead atoms. The molecule has 1 aromatic heterocycles. The van der Waals surface area contributed by atoms with E-state index in [1.54, 1.807) is 0 Å². The maximum absolute atomic E-state index is 11.7. The van der Waals surface area contributed by atoms with Crippen LogP contribution in [0.25, 0.3) is 0 Å². The van der Waals surface area contributed by atoms with E-state index in [1.807, 2.05) is 25.3 Å². The van der Waals surface area contributed by atoms with E-state index in [0.717, 1.165) is 24.0 Å². The number of carbonyl (C=O) groups excluding carboxylic acids is 1. The Kier molecular flexibility index (Phi) is 7.21. The predicted molar refractivity (Wildman–Crippen MR) is 80.4 cm³/mol. The molecule has 1 aromatic rings. The Hall–Kier alpha value is -1.57. The molecule has 0 saturated heterocycles. The number of nitrogens with one attached hydrogen (secondary N) is 1. The summed E-state index contributed by atoms with van der Waals surface area (Å²) in [5, 5.41) is 20.3. The van der Waals surface area contributed by atoms with E-state index < -0.39 is 5.97 Å². The van der Waals surface area contributed by atoms with Crippen molar-refractivity contribution in [3.05, 3.63) is 5.82 Å². The standard InChI is InChI=1S/C13H22N4O3S/c1-4-6-14-10(18)5-7-17-12(9(2)3)15-16-13(17)21-8-11(19)20/h9H,4-8H2,1-3H3,(H,14,18)(H,19,20). The fourth-order valence-corrected chi connectivity index (χ4v) is 2.43. The molecule has 0 aromatic carbocycles. The van der Waals surface area contributed by atoms with Crippen LogP contribution >= 0.6 is 11.8 Å². The normalized spacial score (nSPS) is 10.9. The molecule has 118 valence electrons. The van der Waals surface area contributed by atoms with Crippen LogP contribution in [-0.4, -0.2) is 44.0 Å². The van der Waals surface area contributed by atoms with Gasteiger partial charge in [-0.3, -0.25) is 9.59 Å². The zero-order valence-electron chi connectivity index (χ0n) is 12.6. The van der Waals surface area contributed by atoms with Crippen molar-refractivity contribution in [1.29, 1.82) is 0 Å². The highest BCUT2D eigenvalue weighted by Crippen LogP contribution is 2.21. The first-order chi connectivity index (χ1) is 9.95. The highest BCUT2D eigenvalue weighted by Gasteiger charge is 2.17. The Morgan fingerprint density at radius 3 is 2.67 bits per heavy atom. The minimum absolute atomic E-state index is 0.0190. The Balaban J connectivity index is 2.73. The van der Waals surface area contributed by atoms with E-state index in [4.69, 9.17) is 5.11 Å². The highest BCUT2D eigenvalue weighted by molar-refractivity contribution is 7.99. The van der Waals surface area contributed by atoms with E-state index in [9.17, 15) is 9.59 Å². The van der Waals surface area contributed by atoms with Gasteiger partial charge < -0.3 is 15.0 Å². The van der Waals surface area contributed by atoms with Crippen LogP contribution in [0.15, 0.2) is 5.16 Å². The van der Waals surface area contributed by atoms with Crippen LogP contribution in [0.3, 0.4) is 0 Å². The number of amides is 1. The van der Waals surface area contributed by atoms with Crippen LogP contribution in [0.2, 0.25) is 0 Å². The molecule has 1 rings (SSSR count). The quantitative estimate of drug-likeness (QED) is 0.670. The number of hydrogen-bond donors (Lipinski definition) is 2. The summed E-state index contributed by atoms with van der Waals surface area (Å²) < 4.78 is 1.84. The summed E-state index contributed by atoms with van der Waals surface area (Å²) in [4.78, 5) is 22.4. The average Bonchev–Trinajstić information content (AvgIpc) is 2.83. The van der Waals surface area contributed by atoms with E-state index in [1.165, 1.54) is 0 Å². The van der Waals surface area contributed by atoms with Crippen molar-refractivity contribution in [3.63, 3.8) is 0 Å². The molecule has 1 heterocycles. The van der Waals surface area contributed by atoms with Crippen LogP contribution in [-0.2, 0) is 16.1 Å². The number of rotatable bonds is 9. The molecule has 0 aliphatic heterocycles. The Morgan fingerprint density at radius 1 is 1.38 bits per heavy atom. The van der Waals surface area contributed by atoms with E-state index >= 15 is 0 Å². The smallest absolute Gasteiger partial charge is 0.313 e. The van der Waals surface area contributed by atoms with Gasteiger partial charge in [-0.15, -0.1) is 10.2 Å². The molecule has 1 amide bonds. The number of nitrogens with zero attached hydrogens (tertiary/aromatic N) is 3. The largest absolute Gasteiger partial charge is 0.481 e. The van der Waals surface area contributed by atoms with Crippen molar-refractivity contribution < 1.29 is 14.7 Å². The molecule has 8 heteroatoms. The van der Waals surface area contributed by atoms with Gasteiger partial charge in [0.25, 0.3) is 0 Å². The molecule has 0 unspecified atom stereocenters. The van der Waals surface area contributed by atoms with Gasteiger partial charge in [0.15, 0.2) is 5.16 Å². The second-order valence-electron chi connectivity index (χ2n) is 4.93. The lowest BCUT2D eigenvalue weighted by Crippen LogP contribution is -2.25. The lowest BCUT2D eigenvalue weighted by atomic mass is 10.2. The van der Waals surface area contributed by atoms with Gasteiger partial charge in [0.1, 0.15) is 5.82 Å². The van der Waals surface area contributed by atoms with Gasteiger partial charge >= 0.3 is 5.97 Å². The maximum atomic E-state index is 11.7. The number of carbonyl (C=O) groups is 2. The predicted octanol–water partition coefficient (Wildman–Crippen LogP) is 1.49. The molecule has 0 saturated carbocycles. The lowest BCUT2D eigenvalue weighted by Gasteiger charge is -2.11. The van der Waals surface area contributed by atoms with Crippen molar-refractivity contribution in [2.45, 2.75) is 51.2 Å². The van der Waals surface area contributed by atoms with E-state index in [0.29, 0.717) is 24.7 Å². The molecule has 0 aliphatic rings. The third-order valence-electron chi connectivity index (χ3n) is 2.72.